The van der Waals surface area contributed by atoms with Crippen molar-refractivity contribution in [3.8, 4) is 0 Å². The van der Waals surface area contributed by atoms with E-state index in [1.165, 1.54) is 24.1 Å². The van der Waals surface area contributed by atoms with E-state index in [1.54, 1.807) is 0 Å². The largest absolute Gasteiger partial charge is 0.310 e. The zero-order chi connectivity index (χ0) is 12.6. The first-order valence-corrected chi connectivity index (χ1v) is 6.62. The van der Waals surface area contributed by atoms with Crippen LogP contribution in [0.5, 0.6) is 0 Å². The summed E-state index contributed by atoms with van der Waals surface area (Å²) >= 11 is 0. The van der Waals surface area contributed by atoms with Crippen molar-refractivity contribution >= 4 is 0 Å². The van der Waals surface area contributed by atoms with E-state index in [-0.39, 0.29) is 5.41 Å². The molecule has 0 spiro atoms. The molecule has 0 amide bonds. The van der Waals surface area contributed by atoms with Crippen LogP contribution in [0.25, 0.3) is 0 Å². The summed E-state index contributed by atoms with van der Waals surface area (Å²) in [5.74, 6) is 0.906. The number of nitrogens with zero attached hydrogens (tertiary/aromatic N) is 2. The van der Waals surface area contributed by atoms with Crippen LogP contribution in [-0.4, -0.2) is 15.8 Å². The quantitative estimate of drug-likeness (QED) is 0.872. The first-order valence-electron chi connectivity index (χ1n) is 6.62. The van der Waals surface area contributed by atoms with Crippen LogP contribution in [0, 0.1) is 5.92 Å². The molecule has 1 N–H and O–H groups in total. The van der Waals surface area contributed by atoms with Crippen molar-refractivity contribution in [2.24, 2.45) is 13.0 Å². The Hall–Kier alpha value is -0.830. The van der Waals surface area contributed by atoms with Gasteiger partial charge in [0, 0.05) is 36.8 Å². The molecule has 96 valence electrons. The second kappa shape index (κ2) is 4.45. The predicted octanol–water partition coefficient (Wildman–Crippen LogP) is 2.61. The molecule has 2 rings (SSSR count). The van der Waals surface area contributed by atoms with Gasteiger partial charge in [0.2, 0.25) is 0 Å². The molecule has 1 heterocycles. The number of rotatable bonds is 3. The fraction of sp³-hybridized carbons (Fsp3) is 0.786. The van der Waals surface area contributed by atoms with Crippen LogP contribution < -0.4 is 5.32 Å². The Balaban J connectivity index is 2.00. The Morgan fingerprint density at radius 1 is 1.41 bits per heavy atom. The summed E-state index contributed by atoms with van der Waals surface area (Å²) in [5.41, 5.74) is 2.70. The Labute approximate surface area is 105 Å². The fourth-order valence-electron chi connectivity index (χ4n) is 2.62. The van der Waals surface area contributed by atoms with Crippen molar-refractivity contribution < 1.29 is 0 Å². The third-order valence-corrected chi connectivity index (χ3v) is 3.57. The monoisotopic (exact) mass is 235 g/mol. The lowest BCUT2D eigenvalue weighted by Gasteiger charge is -2.33. The van der Waals surface area contributed by atoms with Gasteiger partial charge < -0.3 is 5.32 Å². The van der Waals surface area contributed by atoms with Gasteiger partial charge in [0.1, 0.15) is 0 Å². The first kappa shape index (κ1) is 12.6. The predicted molar refractivity (Wildman–Crippen MR) is 70.9 cm³/mol. The maximum atomic E-state index is 4.60. The van der Waals surface area contributed by atoms with Gasteiger partial charge in [-0.15, -0.1) is 0 Å². The smallest absolute Gasteiger partial charge is 0.0722 e. The number of hydrogen-bond acceptors (Lipinski definition) is 2. The van der Waals surface area contributed by atoms with Gasteiger partial charge in [-0.2, -0.15) is 5.10 Å². The highest BCUT2D eigenvalue weighted by Crippen LogP contribution is 2.28. The van der Waals surface area contributed by atoms with Gasteiger partial charge in [0.05, 0.1) is 5.69 Å². The molecule has 17 heavy (non-hydrogen) atoms. The molecular formula is C14H25N3. The number of hydrogen-bond donors (Lipinski definition) is 1. The van der Waals surface area contributed by atoms with E-state index in [9.17, 15) is 0 Å². The molecule has 0 atom stereocenters. The Morgan fingerprint density at radius 2 is 2.06 bits per heavy atom. The second-order valence-electron chi connectivity index (χ2n) is 6.58. The van der Waals surface area contributed by atoms with Gasteiger partial charge >= 0.3 is 0 Å². The number of aromatic nitrogens is 2. The van der Waals surface area contributed by atoms with E-state index >= 15 is 0 Å². The summed E-state index contributed by atoms with van der Waals surface area (Å²) in [6, 6.07) is 0.720. The van der Waals surface area contributed by atoms with Crippen molar-refractivity contribution in [2.45, 2.75) is 58.5 Å². The van der Waals surface area contributed by atoms with Gasteiger partial charge in [-0.1, -0.05) is 27.7 Å². The highest BCUT2D eigenvalue weighted by molar-refractivity contribution is 5.24. The second-order valence-corrected chi connectivity index (χ2v) is 6.58. The van der Waals surface area contributed by atoms with Crippen molar-refractivity contribution in [2.75, 3.05) is 0 Å². The molecule has 3 heteroatoms. The third-order valence-electron chi connectivity index (χ3n) is 3.57. The normalized spacial score (nSPS) is 24.8. The van der Waals surface area contributed by atoms with E-state index in [2.05, 4.69) is 44.3 Å². The Morgan fingerprint density at radius 3 is 2.59 bits per heavy atom. The topological polar surface area (TPSA) is 29.9 Å². The fourth-order valence-corrected chi connectivity index (χ4v) is 2.62. The van der Waals surface area contributed by atoms with E-state index < -0.39 is 0 Å². The Kier molecular flexibility index (Phi) is 3.30. The average Bonchev–Trinajstić information content (AvgIpc) is 2.52. The highest BCUT2D eigenvalue weighted by Gasteiger charge is 2.26. The summed E-state index contributed by atoms with van der Waals surface area (Å²) in [6.45, 7) is 9.96. The van der Waals surface area contributed by atoms with E-state index in [0.717, 1.165) is 18.5 Å². The zero-order valence-corrected chi connectivity index (χ0v) is 11.7. The molecular weight excluding hydrogens is 210 g/mol. The van der Waals surface area contributed by atoms with Crippen LogP contribution in [0.1, 0.15) is 51.8 Å². The zero-order valence-electron chi connectivity index (χ0n) is 11.7. The van der Waals surface area contributed by atoms with Crippen molar-refractivity contribution in [1.29, 1.82) is 0 Å². The molecule has 0 radical (unpaired) electrons. The molecule has 1 aliphatic carbocycles. The number of nitrogens with one attached hydrogen (secondary N) is 1. The molecule has 0 bridgehead atoms. The molecule has 1 aromatic heterocycles. The minimum absolute atomic E-state index is 0.130. The lowest BCUT2D eigenvalue weighted by Crippen LogP contribution is -2.39. The maximum absolute atomic E-state index is 4.60. The van der Waals surface area contributed by atoms with Gasteiger partial charge in [-0.05, 0) is 18.8 Å². The van der Waals surface area contributed by atoms with Crippen molar-refractivity contribution in [1.82, 2.24) is 15.1 Å². The van der Waals surface area contributed by atoms with Crippen LogP contribution in [0.4, 0.5) is 0 Å². The molecule has 0 aromatic carbocycles. The molecule has 3 nitrogen and oxygen atoms in total. The third kappa shape index (κ3) is 2.89. The minimum atomic E-state index is 0.130. The number of aryl methyl sites for hydroxylation is 1. The van der Waals surface area contributed by atoms with Crippen LogP contribution in [0.15, 0.2) is 6.20 Å². The van der Waals surface area contributed by atoms with Crippen molar-refractivity contribution in [3.63, 3.8) is 0 Å². The maximum Gasteiger partial charge on any atom is 0.0722 e. The molecule has 0 saturated heterocycles. The first-order chi connectivity index (χ1) is 7.86. The minimum Gasteiger partial charge on any atom is -0.310 e. The molecule has 1 aromatic rings. The van der Waals surface area contributed by atoms with Gasteiger partial charge in [-0.3, -0.25) is 4.68 Å². The van der Waals surface area contributed by atoms with Crippen LogP contribution >= 0.6 is 0 Å². The van der Waals surface area contributed by atoms with Crippen LogP contribution in [0.2, 0.25) is 0 Å². The van der Waals surface area contributed by atoms with Gasteiger partial charge in [-0.25, -0.2) is 0 Å². The lowest BCUT2D eigenvalue weighted by atomic mass is 9.81. The standard InChI is InChI=1S/C14H25N3/c1-10-6-12(7-10)15-8-11-9-17(5)16-13(11)14(2,3)4/h9-10,12,15H,6-8H2,1-5H3. The summed E-state index contributed by atoms with van der Waals surface area (Å²) in [5, 5.41) is 8.23. The van der Waals surface area contributed by atoms with E-state index in [0.29, 0.717) is 0 Å². The molecule has 0 unspecified atom stereocenters. The van der Waals surface area contributed by atoms with Crippen LogP contribution in [-0.2, 0) is 19.0 Å². The summed E-state index contributed by atoms with van der Waals surface area (Å²) < 4.78 is 1.93. The van der Waals surface area contributed by atoms with Crippen molar-refractivity contribution in [3.05, 3.63) is 17.5 Å². The average molecular weight is 235 g/mol. The SMILES string of the molecule is CC1CC(NCc2cn(C)nc2C(C)(C)C)C1. The van der Waals surface area contributed by atoms with Gasteiger partial charge in [0.25, 0.3) is 0 Å². The highest BCUT2D eigenvalue weighted by atomic mass is 15.3. The van der Waals surface area contributed by atoms with E-state index in [1.807, 2.05) is 11.7 Å². The molecule has 0 aliphatic heterocycles. The molecule has 1 saturated carbocycles. The molecule has 1 aliphatic rings. The van der Waals surface area contributed by atoms with Gasteiger partial charge in [0.15, 0.2) is 0 Å². The summed E-state index contributed by atoms with van der Waals surface area (Å²) in [7, 11) is 2.00. The summed E-state index contributed by atoms with van der Waals surface area (Å²) in [6.07, 6.45) is 4.80. The van der Waals surface area contributed by atoms with Crippen LogP contribution in [0.3, 0.4) is 0 Å². The molecule has 1 fully saturated rings. The lowest BCUT2D eigenvalue weighted by molar-refractivity contribution is 0.240. The Bertz CT molecular complexity index is 381. The summed E-state index contributed by atoms with van der Waals surface area (Å²) in [4.78, 5) is 0. The van der Waals surface area contributed by atoms with E-state index in [4.69, 9.17) is 0 Å².